The summed E-state index contributed by atoms with van der Waals surface area (Å²) < 4.78 is 4.99. The van der Waals surface area contributed by atoms with E-state index in [9.17, 15) is 0 Å². The van der Waals surface area contributed by atoms with E-state index in [1.807, 2.05) is 0 Å². The normalized spacial score (nSPS) is 20.4. The molecule has 0 radical (unpaired) electrons. The minimum atomic E-state index is 0.722. The van der Waals surface area contributed by atoms with Crippen LogP contribution >= 0.6 is 0 Å². The van der Waals surface area contributed by atoms with E-state index in [1.54, 1.807) is 7.11 Å². The van der Waals surface area contributed by atoms with Crippen molar-refractivity contribution in [1.82, 2.24) is 15.5 Å². The zero-order valence-electron chi connectivity index (χ0n) is 10.1. The van der Waals surface area contributed by atoms with Gasteiger partial charge in [0.25, 0.3) is 0 Å². The smallest absolute Gasteiger partial charge is 0.0587 e. The second kappa shape index (κ2) is 8.05. The minimum Gasteiger partial charge on any atom is -0.383 e. The molecule has 1 aliphatic rings. The van der Waals surface area contributed by atoms with E-state index >= 15 is 0 Å². The van der Waals surface area contributed by atoms with Crippen LogP contribution in [-0.2, 0) is 4.74 Å². The molecule has 2 N–H and O–H groups in total. The van der Waals surface area contributed by atoms with Crippen LogP contribution in [0.15, 0.2) is 0 Å². The molecule has 4 nitrogen and oxygen atoms in total. The van der Waals surface area contributed by atoms with E-state index in [0.29, 0.717) is 0 Å². The Hall–Kier alpha value is -0.160. The summed E-state index contributed by atoms with van der Waals surface area (Å²) in [4.78, 5) is 2.54. The summed E-state index contributed by atoms with van der Waals surface area (Å²) >= 11 is 0. The largest absolute Gasteiger partial charge is 0.383 e. The Kier molecular flexibility index (Phi) is 6.92. The Morgan fingerprint density at radius 3 is 2.80 bits per heavy atom. The minimum absolute atomic E-state index is 0.722. The van der Waals surface area contributed by atoms with Crippen LogP contribution in [0, 0.1) is 5.92 Å². The van der Waals surface area contributed by atoms with Gasteiger partial charge in [-0.3, -0.25) is 0 Å². The average Bonchev–Trinajstić information content (AvgIpc) is 2.26. The van der Waals surface area contributed by atoms with Gasteiger partial charge >= 0.3 is 0 Å². The zero-order valence-corrected chi connectivity index (χ0v) is 10.1. The molecule has 1 unspecified atom stereocenters. The summed E-state index contributed by atoms with van der Waals surface area (Å²) in [6.07, 6.45) is 0. The summed E-state index contributed by atoms with van der Waals surface area (Å²) in [5, 5.41) is 6.78. The van der Waals surface area contributed by atoms with Crippen molar-refractivity contribution in [2.24, 2.45) is 5.92 Å². The van der Waals surface area contributed by atoms with Crippen molar-refractivity contribution in [3.63, 3.8) is 0 Å². The Balaban J connectivity index is 1.98. The first-order valence-electron chi connectivity index (χ1n) is 5.95. The van der Waals surface area contributed by atoms with Crippen LogP contribution in [0.3, 0.4) is 0 Å². The first kappa shape index (κ1) is 12.9. The van der Waals surface area contributed by atoms with Crippen molar-refractivity contribution in [1.29, 1.82) is 0 Å². The Morgan fingerprint density at radius 1 is 1.40 bits per heavy atom. The van der Waals surface area contributed by atoms with Gasteiger partial charge in [0.15, 0.2) is 0 Å². The van der Waals surface area contributed by atoms with Gasteiger partial charge < -0.3 is 20.3 Å². The van der Waals surface area contributed by atoms with Crippen LogP contribution in [0.5, 0.6) is 0 Å². The molecule has 0 aromatic carbocycles. The van der Waals surface area contributed by atoms with Gasteiger partial charge in [-0.25, -0.2) is 0 Å². The Labute approximate surface area is 93.4 Å². The highest BCUT2D eigenvalue weighted by atomic mass is 16.5. The molecule has 0 aliphatic carbocycles. The quantitative estimate of drug-likeness (QED) is 0.575. The molecular weight excluding hydrogens is 190 g/mol. The molecule has 0 spiro atoms. The molecule has 0 bridgehead atoms. The molecule has 0 saturated carbocycles. The highest BCUT2D eigenvalue weighted by molar-refractivity contribution is 4.70. The van der Waals surface area contributed by atoms with Crippen LogP contribution in [0.2, 0.25) is 0 Å². The van der Waals surface area contributed by atoms with Gasteiger partial charge in [-0.1, -0.05) is 6.92 Å². The van der Waals surface area contributed by atoms with Crippen LogP contribution in [0.25, 0.3) is 0 Å². The molecule has 0 aromatic heterocycles. The summed E-state index contributed by atoms with van der Waals surface area (Å²) in [7, 11) is 1.74. The number of piperazine rings is 1. The van der Waals surface area contributed by atoms with Gasteiger partial charge in [-0.15, -0.1) is 0 Å². The maximum absolute atomic E-state index is 4.99. The number of ether oxygens (including phenoxy) is 1. The SMILES string of the molecule is COCCNCC(C)CN1CCNCC1. The number of nitrogens with one attached hydrogen (secondary N) is 2. The first-order valence-corrected chi connectivity index (χ1v) is 5.95. The highest BCUT2D eigenvalue weighted by Crippen LogP contribution is 2.00. The summed E-state index contributed by atoms with van der Waals surface area (Å²) in [6, 6.07) is 0. The van der Waals surface area contributed by atoms with Crippen LogP contribution in [0.1, 0.15) is 6.92 Å². The van der Waals surface area contributed by atoms with Gasteiger partial charge in [0.05, 0.1) is 6.61 Å². The topological polar surface area (TPSA) is 36.5 Å². The maximum atomic E-state index is 4.99. The van der Waals surface area contributed by atoms with Crippen LogP contribution in [-0.4, -0.2) is 64.4 Å². The van der Waals surface area contributed by atoms with E-state index in [1.165, 1.54) is 19.6 Å². The lowest BCUT2D eigenvalue weighted by Crippen LogP contribution is -2.46. The summed E-state index contributed by atoms with van der Waals surface area (Å²) in [5.41, 5.74) is 0. The zero-order chi connectivity index (χ0) is 10.9. The molecule has 1 saturated heterocycles. The van der Waals surface area contributed by atoms with Crippen molar-refractivity contribution in [3.8, 4) is 0 Å². The third-order valence-corrected chi connectivity index (χ3v) is 2.76. The number of hydrogen-bond acceptors (Lipinski definition) is 4. The third kappa shape index (κ3) is 6.10. The van der Waals surface area contributed by atoms with Gasteiger partial charge in [-0.05, 0) is 12.5 Å². The Bertz CT molecular complexity index is 149. The Morgan fingerprint density at radius 2 is 2.13 bits per heavy atom. The molecular formula is C11H25N3O. The maximum Gasteiger partial charge on any atom is 0.0587 e. The van der Waals surface area contributed by atoms with Gasteiger partial charge in [0, 0.05) is 46.4 Å². The highest BCUT2D eigenvalue weighted by Gasteiger charge is 2.12. The average molecular weight is 215 g/mol. The molecule has 1 rings (SSSR count). The lowest BCUT2D eigenvalue weighted by molar-refractivity contribution is 0.189. The molecule has 4 heteroatoms. The van der Waals surface area contributed by atoms with Gasteiger partial charge in [0.1, 0.15) is 0 Å². The first-order chi connectivity index (χ1) is 7.33. The lowest BCUT2D eigenvalue weighted by atomic mass is 10.1. The predicted octanol–water partition coefficient (Wildman–Crippen LogP) is -0.236. The van der Waals surface area contributed by atoms with Crippen molar-refractivity contribution >= 4 is 0 Å². The fraction of sp³-hybridized carbons (Fsp3) is 1.00. The molecule has 0 amide bonds. The monoisotopic (exact) mass is 215 g/mol. The lowest BCUT2D eigenvalue weighted by Gasteiger charge is -2.29. The molecule has 1 aliphatic heterocycles. The van der Waals surface area contributed by atoms with Crippen LogP contribution < -0.4 is 10.6 Å². The summed E-state index contributed by atoms with van der Waals surface area (Å²) in [5.74, 6) is 0.722. The number of rotatable bonds is 7. The second-order valence-corrected chi connectivity index (χ2v) is 4.35. The van der Waals surface area contributed by atoms with E-state index in [4.69, 9.17) is 4.74 Å². The number of nitrogens with zero attached hydrogens (tertiary/aromatic N) is 1. The number of hydrogen-bond donors (Lipinski definition) is 2. The van der Waals surface area contributed by atoms with E-state index in [0.717, 1.165) is 38.7 Å². The molecule has 1 atom stereocenters. The fourth-order valence-corrected chi connectivity index (χ4v) is 1.92. The van der Waals surface area contributed by atoms with Crippen molar-refractivity contribution in [3.05, 3.63) is 0 Å². The fourth-order valence-electron chi connectivity index (χ4n) is 1.92. The molecule has 0 aromatic rings. The molecule has 1 heterocycles. The van der Waals surface area contributed by atoms with Gasteiger partial charge in [-0.2, -0.15) is 0 Å². The predicted molar refractivity (Wildman–Crippen MR) is 63.2 cm³/mol. The van der Waals surface area contributed by atoms with Crippen molar-refractivity contribution in [2.45, 2.75) is 6.92 Å². The summed E-state index contributed by atoms with van der Waals surface area (Å²) in [6.45, 7) is 11.1. The number of methoxy groups -OCH3 is 1. The molecule has 90 valence electrons. The van der Waals surface area contributed by atoms with Crippen molar-refractivity contribution < 1.29 is 4.74 Å². The standard InChI is InChI=1S/C11H25N3O/c1-11(9-13-5-8-15-2)10-14-6-3-12-4-7-14/h11-13H,3-10H2,1-2H3. The van der Waals surface area contributed by atoms with Crippen molar-refractivity contribution in [2.75, 3.05) is 59.5 Å². The van der Waals surface area contributed by atoms with Gasteiger partial charge in [0.2, 0.25) is 0 Å². The van der Waals surface area contributed by atoms with E-state index in [2.05, 4.69) is 22.5 Å². The molecule has 15 heavy (non-hydrogen) atoms. The van der Waals surface area contributed by atoms with E-state index < -0.39 is 0 Å². The van der Waals surface area contributed by atoms with Crippen LogP contribution in [0.4, 0.5) is 0 Å². The molecule has 1 fully saturated rings. The third-order valence-electron chi connectivity index (χ3n) is 2.76. The van der Waals surface area contributed by atoms with E-state index in [-0.39, 0.29) is 0 Å². The second-order valence-electron chi connectivity index (χ2n) is 4.35.